The summed E-state index contributed by atoms with van der Waals surface area (Å²) in [6.07, 6.45) is 3.33. The molecule has 0 unspecified atom stereocenters. The molecule has 2 aromatic carbocycles. The number of hydrogen-bond donors (Lipinski definition) is 2. The van der Waals surface area contributed by atoms with E-state index in [2.05, 4.69) is 15.3 Å². The van der Waals surface area contributed by atoms with E-state index in [-0.39, 0.29) is 11.7 Å². The second-order valence-electron chi connectivity index (χ2n) is 4.78. The van der Waals surface area contributed by atoms with Gasteiger partial charge in [-0.1, -0.05) is 30.3 Å². The maximum atomic E-state index is 13.7. The van der Waals surface area contributed by atoms with Gasteiger partial charge in [-0.15, -0.1) is 0 Å². The normalized spacial score (nSPS) is 10.4. The number of nitrogens with zero attached hydrogens (tertiary/aromatic N) is 1. The molecule has 3 rings (SSSR count). The molecule has 0 atom stereocenters. The van der Waals surface area contributed by atoms with Crippen LogP contribution in [0.15, 0.2) is 60.9 Å². The minimum Gasteiger partial charge on any atom is -0.347 e. The SMILES string of the molecule is O=C(NCc1ncc[nH]1)c1ccc(-c2ccccc2F)cc1. The van der Waals surface area contributed by atoms with Crippen LogP contribution in [0.3, 0.4) is 0 Å². The number of carbonyl (C=O) groups excluding carboxylic acids is 1. The number of aromatic amines is 1. The van der Waals surface area contributed by atoms with Crippen molar-refractivity contribution in [2.45, 2.75) is 6.54 Å². The molecule has 110 valence electrons. The Morgan fingerprint density at radius 2 is 1.91 bits per heavy atom. The van der Waals surface area contributed by atoms with Gasteiger partial charge in [0.1, 0.15) is 11.6 Å². The predicted molar refractivity (Wildman–Crippen MR) is 81.6 cm³/mol. The summed E-state index contributed by atoms with van der Waals surface area (Å²) in [6, 6.07) is 13.4. The van der Waals surface area contributed by atoms with Crippen molar-refractivity contribution in [3.63, 3.8) is 0 Å². The third kappa shape index (κ3) is 3.03. The Morgan fingerprint density at radius 3 is 2.59 bits per heavy atom. The number of benzene rings is 2. The maximum absolute atomic E-state index is 13.7. The lowest BCUT2D eigenvalue weighted by Gasteiger charge is -2.06. The third-order valence-corrected chi connectivity index (χ3v) is 3.30. The van der Waals surface area contributed by atoms with Crippen molar-refractivity contribution >= 4 is 5.91 Å². The van der Waals surface area contributed by atoms with Gasteiger partial charge in [-0.25, -0.2) is 9.37 Å². The summed E-state index contributed by atoms with van der Waals surface area (Å²) in [5, 5.41) is 2.77. The number of rotatable bonds is 4. The standard InChI is InChI=1S/C17H14FN3O/c18-15-4-2-1-3-14(15)12-5-7-13(8-6-12)17(22)21-11-16-19-9-10-20-16/h1-10H,11H2,(H,19,20)(H,21,22). The van der Waals surface area contributed by atoms with Crippen LogP contribution in [0.25, 0.3) is 11.1 Å². The van der Waals surface area contributed by atoms with E-state index in [0.717, 1.165) is 5.56 Å². The Balaban J connectivity index is 1.71. The molecule has 1 heterocycles. The molecule has 2 N–H and O–H groups in total. The third-order valence-electron chi connectivity index (χ3n) is 3.30. The summed E-state index contributed by atoms with van der Waals surface area (Å²) in [5.74, 6) is 0.213. The number of aromatic nitrogens is 2. The van der Waals surface area contributed by atoms with Gasteiger partial charge in [-0.2, -0.15) is 0 Å². The fourth-order valence-electron chi connectivity index (χ4n) is 2.16. The van der Waals surface area contributed by atoms with Crippen LogP contribution >= 0.6 is 0 Å². The van der Waals surface area contributed by atoms with Crippen LogP contribution in [-0.2, 0) is 6.54 Å². The van der Waals surface area contributed by atoms with Crippen molar-refractivity contribution < 1.29 is 9.18 Å². The van der Waals surface area contributed by atoms with Crippen LogP contribution in [-0.4, -0.2) is 15.9 Å². The largest absolute Gasteiger partial charge is 0.347 e. The first-order valence-electron chi connectivity index (χ1n) is 6.85. The van der Waals surface area contributed by atoms with Crippen LogP contribution in [0.4, 0.5) is 4.39 Å². The average molecular weight is 295 g/mol. The molecular weight excluding hydrogens is 281 g/mol. The molecule has 5 heteroatoms. The number of carbonyl (C=O) groups is 1. The monoisotopic (exact) mass is 295 g/mol. The first-order valence-corrected chi connectivity index (χ1v) is 6.85. The second-order valence-corrected chi connectivity index (χ2v) is 4.78. The molecule has 0 spiro atoms. The van der Waals surface area contributed by atoms with Crippen LogP contribution in [0, 0.1) is 5.82 Å². The van der Waals surface area contributed by atoms with E-state index in [1.54, 1.807) is 54.9 Å². The number of H-pyrrole nitrogens is 1. The van der Waals surface area contributed by atoms with Gasteiger partial charge in [0.2, 0.25) is 0 Å². The fourth-order valence-corrected chi connectivity index (χ4v) is 2.16. The molecule has 3 aromatic rings. The van der Waals surface area contributed by atoms with E-state index in [1.165, 1.54) is 6.07 Å². The van der Waals surface area contributed by atoms with Crippen molar-refractivity contribution in [1.82, 2.24) is 15.3 Å². The van der Waals surface area contributed by atoms with Gasteiger partial charge in [0.25, 0.3) is 5.91 Å². The first kappa shape index (κ1) is 14.0. The van der Waals surface area contributed by atoms with Crippen molar-refractivity contribution in [3.05, 3.63) is 78.1 Å². The lowest BCUT2D eigenvalue weighted by Crippen LogP contribution is -2.23. The zero-order valence-corrected chi connectivity index (χ0v) is 11.7. The molecule has 0 aliphatic heterocycles. The summed E-state index contributed by atoms with van der Waals surface area (Å²) in [7, 11) is 0. The molecule has 4 nitrogen and oxygen atoms in total. The van der Waals surface area contributed by atoms with Crippen molar-refractivity contribution in [1.29, 1.82) is 0 Å². The van der Waals surface area contributed by atoms with E-state index in [1.807, 2.05) is 0 Å². The van der Waals surface area contributed by atoms with Gasteiger partial charge in [0, 0.05) is 23.5 Å². The Labute approximate surface area is 127 Å². The van der Waals surface area contributed by atoms with Gasteiger partial charge in [0.05, 0.1) is 6.54 Å². The number of nitrogens with one attached hydrogen (secondary N) is 2. The van der Waals surface area contributed by atoms with E-state index < -0.39 is 0 Å². The van der Waals surface area contributed by atoms with Crippen LogP contribution in [0.5, 0.6) is 0 Å². The summed E-state index contributed by atoms with van der Waals surface area (Å²) in [5.41, 5.74) is 1.78. The van der Waals surface area contributed by atoms with Crippen LogP contribution in [0.1, 0.15) is 16.2 Å². The average Bonchev–Trinajstić information content (AvgIpc) is 3.07. The highest BCUT2D eigenvalue weighted by atomic mass is 19.1. The highest BCUT2D eigenvalue weighted by Crippen LogP contribution is 2.22. The summed E-state index contributed by atoms with van der Waals surface area (Å²) >= 11 is 0. The van der Waals surface area contributed by atoms with Crippen LogP contribution < -0.4 is 5.32 Å². The number of amides is 1. The molecule has 1 amide bonds. The summed E-state index contributed by atoms with van der Waals surface area (Å²) in [4.78, 5) is 19.0. The van der Waals surface area contributed by atoms with Crippen molar-refractivity contribution in [3.8, 4) is 11.1 Å². The Hall–Kier alpha value is -2.95. The summed E-state index contributed by atoms with van der Waals surface area (Å²) < 4.78 is 13.7. The minimum absolute atomic E-state index is 0.198. The highest BCUT2D eigenvalue weighted by molar-refractivity contribution is 5.94. The number of hydrogen-bond acceptors (Lipinski definition) is 2. The Morgan fingerprint density at radius 1 is 1.14 bits per heavy atom. The molecule has 0 aliphatic rings. The minimum atomic E-state index is -0.280. The molecule has 1 aromatic heterocycles. The van der Waals surface area contributed by atoms with Gasteiger partial charge in [-0.05, 0) is 23.8 Å². The Bertz CT molecular complexity index is 767. The quantitative estimate of drug-likeness (QED) is 0.777. The highest BCUT2D eigenvalue weighted by Gasteiger charge is 2.08. The van der Waals surface area contributed by atoms with E-state index in [9.17, 15) is 9.18 Å². The lowest BCUT2D eigenvalue weighted by atomic mass is 10.0. The van der Waals surface area contributed by atoms with E-state index in [4.69, 9.17) is 0 Å². The smallest absolute Gasteiger partial charge is 0.251 e. The molecule has 0 bridgehead atoms. The zero-order chi connectivity index (χ0) is 15.4. The van der Waals surface area contributed by atoms with Crippen molar-refractivity contribution in [2.75, 3.05) is 0 Å². The molecule has 0 saturated carbocycles. The number of imidazole rings is 1. The Kier molecular flexibility index (Phi) is 3.96. The van der Waals surface area contributed by atoms with Crippen LogP contribution in [0.2, 0.25) is 0 Å². The molecular formula is C17H14FN3O. The molecule has 0 fully saturated rings. The molecule has 0 radical (unpaired) electrons. The topological polar surface area (TPSA) is 57.8 Å². The van der Waals surface area contributed by atoms with E-state index >= 15 is 0 Å². The number of halogens is 1. The zero-order valence-electron chi connectivity index (χ0n) is 11.7. The second kappa shape index (κ2) is 6.22. The van der Waals surface area contributed by atoms with E-state index in [0.29, 0.717) is 23.5 Å². The van der Waals surface area contributed by atoms with Gasteiger partial charge >= 0.3 is 0 Å². The summed E-state index contributed by atoms with van der Waals surface area (Å²) in [6.45, 7) is 0.334. The predicted octanol–water partition coefficient (Wildman–Crippen LogP) is 3.15. The van der Waals surface area contributed by atoms with Gasteiger partial charge in [-0.3, -0.25) is 4.79 Å². The molecule has 0 aliphatic carbocycles. The van der Waals surface area contributed by atoms with Gasteiger partial charge in [0.15, 0.2) is 0 Å². The van der Waals surface area contributed by atoms with Gasteiger partial charge < -0.3 is 10.3 Å². The lowest BCUT2D eigenvalue weighted by molar-refractivity contribution is 0.0950. The fraction of sp³-hybridized carbons (Fsp3) is 0.0588. The van der Waals surface area contributed by atoms with Crippen molar-refractivity contribution in [2.24, 2.45) is 0 Å². The first-order chi connectivity index (χ1) is 10.7. The maximum Gasteiger partial charge on any atom is 0.251 e. The molecule has 0 saturated heterocycles. The molecule has 22 heavy (non-hydrogen) atoms.